The van der Waals surface area contributed by atoms with Crippen LogP contribution in [0, 0.1) is 12.3 Å². The van der Waals surface area contributed by atoms with Gasteiger partial charge >= 0.3 is 0 Å². The topological polar surface area (TPSA) is 9.23 Å². The van der Waals surface area contributed by atoms with Gasteiger partial charge in [-0.1, -0.05) is 29.7 Å². The van der Waals surface area contributed by atoms with Gasteiger partial charge in [0.05, 0.1) is 5.02 Å². The van der Waals surface area contributed by atoms with E-state index >= 15 is 0 Å². The number of rotatable bonds is 2. The van der Waals surface area contributed by atoms with E-state index in [2.05, 4.69) is 5.92 Å². The lowest BCUT2D eigenvalue weighted by Gasteiger charge is -2.02. The van der Waals surface area contributed by atoms with E-state index in [1.54, 1.807) is 12.1 Å². The van der Waals surface area contributed by atoms with Crippen LogP contribution in [0.1, 0.15) is 0 Å². The first-order valence-corrected chi connectivity index (χ1v) is 3.53. The molecule has 11 heavy (non-hydrogen) atoms. The summed E-state index contributed by atoms with van der Waals surface area (Å²) in [5.74, 6) is 2.99. The number of hydrogen-bond acceptors (Lipinski definition) is 1. The highest BCUT2D eigenvalue weighted by molar-refractivity contribution is 6.32. The predicted octanol–water partition coefficient (Wildman–Crippen LogP) is 2.35. The summed E-state index contributed by atoms with van der Waals surface area (Å²) in [7, 11) is 0. The fraction of sp³-hybridized carbons (Fsp3) is 0.111. The van der Waals surface area contributed by atoms with Crippen LogP contribution in [0.4, 0.5) is 0 Å². The Morgan fingerprint density at radius 3 is 2.82 bits per heavy atom. The van der Waals surface area contributed by atoms with Crippen molar-refractivity contribution in [1.82, 2.24) is 0 Å². The molecule has 0 aromatic heterocycles. The maximum absolute atomic E-state index is 5.77. The van der Waals surface area contributed by atoms with Crippen LogP contribution in [-0.2, 0) is 0 Å². The number of para-hydroxylation sites is 1. The van der Waals surface area contributed by atoms with Crippen molar-refractivity contribution in [3.8, 4) is 18.1 Å². The van der Waals surface area contributed by atoms with Crippen LogP contribution in [-0.4, -0.2) is 6.61 Å². The van der Waals surface area contributed by atoms with E-state index in [1.807, 2.05) is 12.1 Å². The fourth-order valence-electron chi connectivity index (χ4n) is 0.681. The molecule has 0 amide bonds. The van der Waals surface area contributed by atoms with Crippen molar-refractivity contribution in [1.29, 1.82) is 0 Å². The van der Waals surface area contributed by atoms with Crippen molar-refractivity contribution < 1.29 is 4.74 Å². The molecule has 56 valence electrons. The van der Waals surface area contributed by atoms with Crippen LogP contribution < -0.4 is 4.74 Å². The minimum absolute atomic E-state index is 0.254. The van der Waals surface area contributed by atoms with Gasteiger partial charge in [0, 0.05) is 0 Å². The van der Waals surface area contributed by atoms with Crippen molar-refractivity contribution in [3.63, 3.8) is 0 Å². The number of halogens is 1. The minimum atomic E-state index is 0.254. The molecule has 0 bridgehead atoms. The highest BCUT2D eigenvalue weighted by Crippen LogP contribution is 2.22. The molecule has 1 aromatic rings. The third-order valence-corrected chi connectivity index (χ3v) is 1.46. The molecule has 1 nitrogen and oxygen atoms in total. The van der Waals surface area contributed by atoms with Gasteiger partial charge in [-0.15, -0.1) is 6.42 Å². The Kier molecular flexibility index (Phi) is 2.83. The van der Waals surface area contributed by atoms with Crippen molar-refractivity contribution >= 4 is 11.6 Å². The molecule has 0 spiro atoms. The summed E-state index contributed by atoms with van der Waals surface area (Å²) in [5, 5.41) is 0.586. The zero-order valence-electron chi connectivity index (χ0n) is 5.88. The highest BCUT2D eigenvalue weighted by Gasteiger charge is 1.96. The molecule has 0 atom stereocenters. The molecule has 0 aliphatic heterocycles. The van der Waals surface area contributed by atoms with Gasteiger partial charge in [-0.3, -0.25) is 0 Å². The van der Waals surface area contributed by atoms with E-state index in [-0.39, 0.29) is 6.61 Å². The predicted molar refractivity (Wildman–Crippen MR) is 45.8 cm³/mol. The maximum Gasteiger partial charge on any atom is 0.148 e. The molecule has 0 heterocycles. The van der Waals surface area contributed by atoms with Crippen LogP contribution in [0.5, 0.6) is 5.75 Å². The number of benzene rings is 1. The van der Waals surface area contributed by atoms with E-state index < -0.39 is 0 Å². The third-order valence-electron chi connectivity index (χ3n) is 1.15. The van der Waals surface area contributed by atoms with Crippen LogP contribution in [0.15, 0.2) is 24.3 Å². The van der Waals surface area contributed by atoms with Crippen molar-refractivity contribution in [2.45, 2.75) is 0 Å². The van der Waals surface area contributed by atoms with Gasteiger partial charge in [0.15, 0.2) is 0 Å². The molecule has 0 saturated heterocycles. The summed E-state index contributed by atoms with van der Waals surface area (Å²) in [6, 6.07) is 7.22. The molecular weight excluding hydrogens is 160 g/mol. The van der Waals surface area contributed by atoms with Gasteiger partial charge in [0.2, 0.25) is 0 Å². The lowest BCUT2D eigenvalue weighted by atomic mass is 10.3. The van der Waals surface area contributed by atoms with Gasteiger partial charge in [-0.05, 0) is 12.1 Å². The van der Waals surface area contributed by atoms with Crippen molar-refractivity contribution in [2.75, 3.05) is 6.61 Å². The molecule has 1 aromatic carbocycles. The van der Waals surface area contributed by atoms with Crippen LogP contribution in [0.2, 0.25) is 5.02 Å². The highest BCUT2D eigenvalue weighted by atomic mass is 35.5. The van der Waals surface area contributed by atoms with Crippen LogP contribution >= 0.6 is 11.6 Å². The van der Waals surface area contributed by atoms with Crippen molar-refractivity contribution in [2.24, 2.45) is 0 Å². The van der Waals surface area contributed by atoms with Gasteiger partial charge in [-0.2, -0.15) is 0 Å². The summed E-state index contributed by atoms with van der Waals surface area (Å²) < 4.78 is 5.12. The van der Waals surface area contributed by atoms with Gasteiger partial charge in [0.1, 0.15) is 12.4 Å². The third kappa shape index (κ3) is 2.18. The molecule has 1 rings (SSSR count). The standard InChI is InChI=1S/C9H7ClO/c1-2-7-11-9-6-4-3-5-8(9)10/h1,3-6H,7H2. The molecular formula is C9H7ClO. The van der Waals surface area contributed by atoms with E-state index in [9.17, 15) is 0 Å². The van der Waals surface area contributed by atoms with Crippen LogP contribution in [0.3, 0.4) is 0 Å². The zero-order valence-corrected chi connectivity index (χ0v) is 6.64. The summed E-state index contributed by atoms with van der Waals surface area (Å²) >= 11 is 5.77. The number of ether oxygens (including phenoxy) is 1. The molecule has 0 saturated carbocycles. The first-order valence-electron chi connectivity index (χ1n) is 3.15. The lowest BCUT2D eigenvalue weighted by molar-refractivity contribution is 0.370. The molecule has 2 heteroatoms. The van der Waals surface area contributed by atoms with Gasteiger partial charge in [-0.25, -0.2) is 0 Å². The monoisotopic (exact) mass is 166 g/mol. The zero-order chi connectivity index (χ0) is 8.10. The Labute approximate surface area is 70.9 Å². The van der Waals surface area contributed by atoms with Crippen LogP contribution in [0.25, 0.3) is 0 Å². The Balaban J connectivity index is 2.71. The summed E-state index contributed by atoms with van der Waals surface area (Å²) in [6.45, 7) is 0.254. The summed E-state index contributed by atoms with van der Waals surface area (Å²) in [6.07, 6.45) is 5.01. The van der Waals surface area contributed by atoms with Crippen molar-refractivity contribution in [3.05, 3.63) is 29.3 Å². The largest absolute Gasteiger partial charge is 0.479 e. The molecule has 0 unspecified atom stereocenters. The second kappa shape index (κ2) is 3.90. The Morgan fingerprint density at radius 1 is 1.45 bits per heavy atom. The summed E-state index contributed by atoms with van der Waals surface area (Å²) in [4.78, 5) is 0. The molecule has 0 radical (unpaired) electrons. The smallest absolute Gasteiger partial charge is 0.148 e. The fourth-order valence-corrected chi connectivity index (χ4v) is 0.871. The number of hydrogen-bond donors (Lipinski definition) is 0. The normalized spacial score (nSPS) is 8.73. The average Bonchev–Trinajstić information content (AvgIpc) is 2.03. The summed E-state index contributed by atoms with van der Waals surface area (Å²) in [5.41, 5.74) is 0. The SMILES string of the molecule is C#CCOc1ccccc1Cl. The second-order valence-corrected chi connectivity index (χ2v) is 2.33. The maximum atomic E-state index is 5.77. The molecule has 0 aliphatic rings. The first kappa shape index (κ1) is 7.97. The Hall–Kier alpha value is -1.13. The van der Waals surface area contributed by atoms with E-state index in [0.29, 0.717) is 10.8 Å². The average molecular weight is 167 g/mol. The quantitative estimate of drug-likeness (QED) is 0.613. The molecule has 0 fully saturated rings. The van der Waals surface area contributed by atoms with E-state index in [0.717, 1.165) is 0 Å². The second-order valence-electron chi connectivity index (χ2n) is 1.92. The Bertz CT molecular complexity index is 275. The van der Waals surface area contributed by atoms with Gasteiger partial charge < -0.3 is 4.74 Å². The number of terminal acetylenes is 1. The first-order chi connectivity index (χ1) is 5.34. The lowest BCUT2D eigenvalue weighted by Crippen LogP contribution is -1.93. The Morgan fingerprint density at radius 2 is 2.18 bits per heavy atom. The minimum Gasteiger partial charge on any atom is -0.479 e. The van der Waals surface area contributed by atoms with E-state index in [4.69, 9.17) is 22.8 Å². The molecule has 0 N–H and O–H groups in total. The van der Waals surface area contributed by atoms with Gasteiger partial charge in [0.25, 0.3) is 0 Å². The van der Waals surface area contributed by atoms with E-state index in [1.165, 1.54) is 0 Å². The molecule has 0 aliphatic carbocycles.